The third-order valence-corrected chi connectivity index (χ3v) is 5.02. The first-order valence-electron chi connectivity index (χ1n) is 7.98. The molecule has 0 aromatic carbocycles. The molecule has 1 atom stereocenters. The maximum absolute atomic E-state index is 12.8. The highest BCUT2D eigenvalue weighted by atomic mass is 16.2. The lowest BCUT2D eigenvalue weighted by Crippen LogP contribution is -2.74. The summed E-state index contributed by atoms with van der Waals surface area (Å²) in [6.07, 6.45) is 5.91. The molecule has 4 heteroatoms. The highest BCUT2D eigenvalue weighted by Crippen LogP contribution is 2.39. The number of piperazine rings is 1. The maximum Gasteiger partial charge on any atom is 0.248 e. The molecule has 0 bridgehead atoms. The lowest BCUT2D eigenvalue weighted by molar-refractivity contribution is -0.165. The van der Waals surface area contributed by atoms with Gasteiger partial charge in [0.1, 0.15) is 11.1 Å². The van der Waals surface area contributed by atoms with Gasteiger partial charge >= 0.3 is 0 Å². The molecule has 1 heterocycles. The van der Waals surface area contributed by atoms with E-state index in [4.69, 9.17) is 0 Å². The van der Waals surface area contributed by atoms with Gasteiger partial charge in [0.25, 0.3) is 0 Å². The van der Waals surface area contributed by atoms with Crippen molar-refractivity contribution in [2.75, 3.05) is 6.54 Å². The zero-order valence-electron chi connectivity index (χ0n) is 13.3. The number of amides is 2. The summed E-state index contributed by atoms with van der Waals surface area (Å²) in [5, 5.41) is 2.96. The Hall–Kier alpha value is -1.06. The Balaban J connectivity index is 2.35. The molecule has 1 saturated heterocycles. The standard InChI is InChI=1S/C16H28N2O2/c1-5-12(2)11-18-14(20)15(3,4)17-13(19)16(18)9-7-6-8-10-16/h12H,5-11H2,1-4H3,(H,17,19). The van der Waals surface area contributed by atoms with Crippen LogP contribution >= 0.6 is 0 Å². The minimum Gasteiger partial charge on any atom is -0.340 e. The number of nitrogens with one attached hydrogen (secondary N) is 1. The second kappa shape index (κ2) is 5.38. The van der Waals surface area contributed by atoms with Gasteiger partial charge in [0.2, 0.25) is 11.8 Å². The second-order valence-electron chi connectivity index (χ2n) is 7.10. The summed E-state index contributed by atoms with van der Waals surface area (Å²) in [5.74, 6) is 0.573. The number of rotatable bonds is 3. The molecule has 0 aromatic heterocycles. The normalized spacial score (nSPS) is 26.5. The molecular formula is C16H28N2O2. The lowest BCUT2D eigenvalue weighted by atomic mass is 9.75. The molecular weight excluding hydrogens is 252 g/mol. The molecule has 2 aliphatic rings. The Morgan fingerprint density at radius 2 is 1.80 bits per heavy atom. The molecule has 20 heavy (non-hydrogen) atoms. The Kier molecular flexibility index (Phi) is 4.12. The summed E-state index contributed by atoms with van der Waals surface area (Å²) in [6, 6.07) is 0. The van der Waals surface area contributed by atoms with Gasteiger partial charge in [-0.15, -0.1) is 0 Å². The zero-order chi connectivity index (χ0) is 15.0. The van der Waals surface area contributed by atoms with Crippen molar-refractivity contribution < 1.29 is 9.59 Å². The van der Waals surface area contributed by atoms with Gasteiger partial charge in [-0.05, 0) is 32.6 Å². The van der Waals surface area contributed by atoms with Crippen molar-refractivity contribution in [3.05, 3.63) is 0 Å². The molecule has 2 amide bonds. The van der Waals surface area contributed by atoms with Crippen molar-refractivity contribution in [1.82, 2.24) is 10.2 Å². The average molecular weight is 280 g/mol. The fraction of sp³-hybridized carbons (Fsp3) is 0.875. The average Bonchev–Trinajstić information content (AvgIpc) is 2.42. The van der Waals surface area contributed by atoms with Crippen molar-refractivity contribution in [3.63, 3.8) is 0 Å². The SMILES string of the molecule is CCC(C)CN1C(=O)C(C)(C)NC(=O)C12CCCCC2. The summed E-state index contributed by atoms with van der Waals surface area (Å²) in [5.41, 5.74) is -1.35. The minimum absolute atomic E-state index is 0.0603. The highest BCUT2D eigenvalue weighted by molar-refractivity contribution is 6.01. The summed E-state index contributed by atoms with van der Waals surface area (Å²) in [6.45, 7) is 8.62. The van der Waals surface area contributed by atoms with Crippen LogP contribution < -0.4 is 5.32 Å². The molecule has 1 N–H and O–H groups in total. The minimum atomic E-state index is -0.771. The Bertz CT molecular complexity index is 397. The van der Waals surface area contributed by atoms with Gasteiger partial charge in [0.15, 0.2) is 0 Å². The van der Waals surface area contributed by atoms with Gasteiger partial charge in [0, 0.05) is 6.54 Å². The summed E-state index contributed by atoms with van der Waals surface area (Å²) in [4.78, 5) is 27.5. The molecule has 0 radical (unpaired) electrons. The summed E-state index contributed by atoms with van der Waals surface area (Å²) >= 11 is 0. The third-order valence-electron chi connectivity index (χ3n) is 5.02. The molecule has 114 valence electrons. The van der Waals surface area contributed by atoms with E-state index in [-0.39, 0.29) is 11.8 Å². The van der Waals surface area contributed by atoms with E-state index < -0.39 is 11.1 Å². The number of nitrogens with zero attached hydrogens (tertiary/aromatic N) is 1. The first-order chi connectivity index (χ1) is 9.33. The van der Waals surface area contributed by atoms with Crippen LogP contribution in [-0.4, -0.2) is 34.3 Å². The van der Waals surface area contributed by atoms with Crippen LogP contribution in [0.2, 0.25) is 0 Å². The molecule has 1 unspecified atom stereocenters. The van der Waals surface area contributed by atoms with Gasteiger partial charge in [0.05, 0.1) is 0 Å². The van der Waals surface area contributed by atoms with E-state index in [0.717, 1.165) is 32.1 Å². The van der Waals surface area contributed by atoms with Gasteiger partial charge in [-0.25, -0.2) is 0 Å². The zero-order valence-corrected chi connectivity index (χ0v) is 13.3. The van der Waals surface area contributed by atoms with Crippen LogP contribution in [0.15, 0.2) is 0 Å². The van der Waals surface area contributed by atoms with Crippen molar-refractivity contribution in [3.8, 4) is 0 Å². The molecule has 2 rings (SSSR count). The molecule has 1 aliphatic carbocycles. The van der Waals surface area contributed by atoms with E-state index in [9.17, 15) is 9.59 Å². The van der Waals surface area contributed by atoms with E-state index in [1.165, 1.54) is 6.42 Å². The van der Waals surface area contributed by atoms with Crippen LogP contribution in [0, 0.1) is 5.92 Å². The first-order valence-corrected chi connectivity index (χ1v) is 7.98. The van der Waals surface area contributed by atoms with Gasteiger partial charge in [-0.1, -0.05) is 39.5 Å². The van der Waals surface area contributed by atoms with Gasteiger partial charge in [-0.2, -0.15) is 0 Å². The fourth-order valence-electron chi connectivity index (χ4n) is 3.44. The van der Waals surface area contributed by atoms with Crippen LogP contribution in [-0.2, 0) is 9.59 Å². The van der Waals surface area contributed by atoms with Crippen LogP contribution in [0.3, 0.4) is 0 Å². The van der Waals surface area contributed by atoms with Crippen LogP contribution in [0.5, 0.6) is 0 Å². The molecule has 1 saturated carbocycles. The Morgan fingerprint density at radius 3 is 2.35 bits per heavy atom. The van der Waals surface area contributed by atoms with Crippen molar-refractivity contribution in [1.29, 1.82) is 0 Å². The molecule has 4 nitrogen and oxygen atoms in total. The van der Waals surface area contributed by atoms with E-state index in [1.807, 2.05) is 18.7 Å². The number of hydrogen-bond donors (Lipinski definition) is 1. The van der Waals surface area contributed by atoms with E-state index in [2.05, 4.69) is 19.2 Å². The van der Waals surface area contributed by atoms with Gasteiger partial charge < -0.3 is 10.2 Å². The van der Waals surface area contributed by atoms with E-state index in [1.54, 1.807) is 0 Å². The topological polar surface area (TPSA) is 49.4 Å². The molecule has 1 spiro atoms. The predicted molar refractivity (Wildman–Crippen MR) is 79.2 cm³/mol. The molecule has 0 aromatic rings. The largest absolute Gasteiger partial charge is 0.340 e. The van der Waals surface area contributed by atoms with Gasteiger partial charge in [-0.3, -0.25) is 9.59 Å². The molecule has 2 fully saturated rings. The lowest BCUT2D eigenvalue weighted by Gasteiger charge is -2.53. The smallest absolute Gasteiger partial charge is 0.248 e. The maximum atomic E-state index is 12.8. The van der Waals surface area contributed by atoms with E-state index >= 15 is 0 Å². The first kappa shape index (κ1) is 15.3. The Morgan fingerprint density at radius 1 is 1.20 bits per heavy atom. The predicted octanol–water partition coefficient (Wildman–Crippen LogP) is 2.47. The van der Waals surface area contributed by atoms with Crippen LogP contribution in [0.1, 0.15) is 66.2 Å². The Labute approximate surface area is 122 Å². The highest BCUT2D eigenvalue weighted by Gasteiger charge is 2.55. The third kappa shape index (κ3) is 2.45. The van der Waals surface area contributed by atoms with Crippen molar-refractivity contribution in [2.24, 2.45) is 5.92 Å². The summed E-state index contributed by atoms with van der Waals surface area (Å²) in [7, 11) is 0. The van der Waals surface area contributed by atoms with Crippen molar-refractivity contribution in [2.45, 2.75) is 77.3 Å². The number of carbonyl (C=O) groups is 2. The second-order valence-corrected chi connectivity index (χ2v) is 7.10. The van der Waals surface area contributed by atoms with Crippen LogP contribution in [0.25, 0.3) is 0 Å². The van der Waals surface area contributed by atoms with Crippen LogP contribution in [0.4, 0.5) is 0 Å². The van der Waals surface area contributed by atoms with E-state index in [0.29, 0.717) is 12.5 Å². The molecule has 1 aliphatic heterocycles. The summed E-state index contributed by atoms with van der Waals surface area (Å²) < 4.78 is 0. The monoisotopic (exact) mass is 280 g/mol. The van der Waals surface area contributed by atoms with Crippen molar-refractivity contribution >= 4 is 11.8 Å². The quantitative estimate of drug-likeness (QED) is 0.863. The number of carbonyl (C=O) groups excluding carboxylic acids is 2. The fourth-order valence-corrected chi connectivity index (χ4v) is 3.44. The number of hydrogen-bond acceptors (Lipinski definition) is 2.